The van der Waals surface area contributed by atoms with Gasteiger partial charge < -0.3 is 15.5 Å². The normalized spacial score (nSPS) is 11.8. The summed E-state index contributed by atoms with van der Waals surface area (Å²) in [5.74, 6) is -2.02. The van der Waals surface area contributed by atoms with Crippen LogP contribution in [0.25, 0.3) is 0 Å². The van der Waals surface area contributed by atoms with E-state index in [-0.39, 0.29) is 17.1 Å². The number of hydrogen-bond donors (Lipinski definition) is 4. The largest absolute Gasteiger partial charge is 0.507 e. The molecule has 0 aromatic heterocycles. The fourth-order valence-electron chi connectivity index (χ4n) is 1.09. The number of carboxylic acid groups (broad SMARTS) is 1. The first-order valence-corrected chi connectivity index (χ1v) is 5.12. The van der Waals surface area contributed by atoms with Crippen LogP contribution in [0.3, 0.4) is 0 Å². The van der Waals surface area contributed by atoms with E-state index < -0.39 is 17.9 Å². The van der Waals surface area contributed by atoms with Crippen LogP contribution < -0.4 is 5.32 Å². The average molecular weight is 241 g/mol. The van der Waals surface area contributed by atoms with Gasteiger partial charge in [-0.2, -0.15) is 12.6 Å². The monoisotopic (exact) mass is 241 g/mol. The van der Waals surface area contributed by atoms with E-state index in [1.165, 1.54) is 12.1 Å². The Labute approximate surface area is 97.5 Å². The maximum atomic E-state index is 11.6. The molecule has 1 atom stereocenters. The van der Waals surface area contributed by atoms with Gasteiger partial charge in [0, 0.05) is 5.75 Å². The quantitative estimate of drug-likeness (QED) is 0.578. The molecular formula is C10H11NO4S. The van der Waals surface area contributed by atoms with Crippen molar-refractivity contribution >= 4 is 24.5 Å². The molecular weight excluding hydrogens is 230 g/mol. The van der Waals surface area contributed by atoms with E-state index in [1.54, 1.807) is 12.1 Å². The van der Waals surface area contributed by atoms with Crippen molar-refractivity contribution in [3.63, 3.8) is 0 Å². The molecule has 3 N–H and O–H groups in total. The molecule has 0 radical (unpaired) electrons. The third-order valence-electron chi connectivity index (χ3n) is 1.93. The first kappa shape index (κ1) is 12.4. The molecule has 1 amide bonds. The summed E-state index contributed by atoms with van der Waals surface area (Å²) in [4.78, 5) is 22.2. The number of phenols is 1. The summed E-state index contributed by atoms with van der Waals surface area (Å²) < 4.78 is 0. The van der Waals surface area contributed by atoms with Gasteiger partial charge >= 0.3 is 5.97 Å². The van der Waals surface area contributed by atoms with E-state index in [2.05, 4.69) is 17.9 Å². The Morgan fingerprint density at radius 1 is 1.38 bits per heavy atom. The van der Waals surface area contributed by atoms with Crippen LogP contribution in [0, 0.1) is 0 Å². The number of nitrogens with one attached hydrogen (secondary N) is 1. The number of benzene rings is 1. The lowest BCUT2D eigenvalue weighted by molar-refractivity contribution is -0.138. The lowest BCUT2D eigenvalue weighted by Crippen LogP contribution is -2.42. The highest BCUT2D eigenvalue weighted by atomic mass is 32.1. The Balaban J connectivity index is 2.80. The van der Waals surface area contributed by atoms with Crippen LogP contribution in [0.15, 0.2) is 24.3 Å². The Bertz CT molecular complexity index is 408. The van der Waals surface area contributed by atoms with Gasteiger partial charge in [-0.1, -0.05) is 12.1 Å². The van der Waals surface area contributed by atoms with E-state index in [0.29, 0.717) is 0 Å². The van der Waals surface area contributed by atoms with E-state index in [4.69, 9.17) is 5.11 Å². The lowest BCUT2D eigenvalue weighted by Gasteiger charge is -2.12. The second-order valence-electron chi connectivity index (χ2n) is 3.06. The third-order valence-corrected chi connectivity index (χ3v) is 2.30. The van der Waals surface area contributed by atoms with Crippen molar-refractivity contribution in [3.8, 4) is 5.75 Å². The van der Waals surface area contributed by atoms with Gasteiger partial charge in [0.2, 0.25) is 0 Å². The lowest BCUT2D eigenvalue weighted by atomic mass is 10.2. The molecule has 0 aliphatic heterocycles. The van der Waals surface area contributed by atoms with Crippen molar-refractivity contribution in [2.45, 2.75) is 6.04 Å². The van der Waals surface area contributed by atoms with Crippen molar-refractivity contribution in [2.75, 3.05) is 5.75 Å². The molecule has 0 saturated carbocycles. The summed E-state index contributed by atoms with van der Waals surface area (Å²) in [6.45, 7) is 0. The van der Waals surface area contributed by atoms with Crippen molar-refractivity contribution < 1.29 is 19.8 Å². The molecule has 0 spiro atoms. The van der Waals surface area contributed by atoms with Crippen molar-refractivity contribution in [3.05, 3.63) is 29.8 Å². The minimum atomic E-state index is -1.17. The smallest absolute Gasteiger partial charge is 0.327 e. The van der Waals surface area contributed by atoms with Gasteiger partial charge in [-0.3, -0.25) is 4.79 Å². The van der Waals surface area contributed by atoms with Gasteiger partial charge in [-0.05, 0) is 12.1 Å². The average Bonchev–Trinajstić information content (AvgIpc) is 2.25. The fourth-order valence-corrected chi connectivity index (χ4v) is 1.33. The summed E-state index contributed by atoms with van der Waals surface area (Å²) in [5.41, 5.74) is 0.0375. The number of para-hydroxylation sites is 1. The van der Waals surface area contributed by atoms with Gasteiger partial charge in [0.15, 0.2) is 0 Å². The second kappa shape index (κ2) is 5.41. The molecule has 5 nitrogen and oxygen atoms in total. The Morgan fingerprint density at radius 2 is 2.00 bits per heavy atom. The number of thiol groups is 1. The van der Waals surface area contributed by atoms with Crippen molar-refractivity contribution in [1.82, 2.24) is 5.32 Å². The molecule has 6 heteroatoms. The molecule has 0 heterocycles. The van der Waals surface area contributed by atoms with Gasteiger partial charge in [0.05, 0.1) is 5.56 Å². The van der Waals surface area contributed by atoms with E-state index >= 15 is 0 Å². The molecule has 1 unspecified atom stereocenters. The number of carbonyl (C=O) groups is 2. The van der Waals surface area contributed by atoms with Crippen LogP contribution in [0.1, 0.15) is 10.4 Å². The standard InChI is InChI=1S/C10H11NO4S/c12-8-4-2-1-3-6(8)9(13)11-7(5-16)10(14)15/h1-4,7,12,16H,5H2,(H,11,13)(H,14,15). The van der Waals surface area contributed by atoms with Crippen LogP contribution >= 0.6 is 12.6 Å². The number of aromatic hydroxyl groups is 1. The summed E-state index contributed by atoms with van der Waals surface area (Å²) in [6, 6.07) is 4.83. The maximum absolute atomic E-state index is 11.6. The maximum Gasteiger partial charge on any atom is 0.327 e. The molecule has 16 heavy (non-hydrogen) atoms. The van der Waals surface area contributed by atoms with Crippen LogP contribution in [0.4, 0.5) is 0 Å². The van der Waals surface area contributed by atoms with Gasteiger partial charge in [-0.15, -0.1) is 0 Å². The molecule has 1 rings (SSSR count). The molecule has 0 aliphatic rings. The summed E-state index contributed by atoms with van der Waals surface area (Å²) in [6.07, 6.45) is 0. The zero-order valence-corrected chi connectivity index (χ0v) is 9.15. The minimum absolute atomic E-state index is 0.0192. The van der Waals surface area contributed by atoms with Gasteiger partial charge in [0.1, 0.15) is 11.8 Å². The highest BCUT2D eigenvalue weighted by Gasteiger charge is 2.20. The number of aliphatic carboxylic acids is 1. The summed E-state index contributed by atoms with van der Waals surface area (Å²) in [7, 11) is 0. The van der Waals surface area contributed by atoms with Crippen LogP contribution in [-0.2, 0) is 4.79 Å². The van der Waals surface area contributed by atoms with E-state index in [9.17, 15) is 14.7 Å². The molecule has 0 bridgehead atoms. The zero-order chi connectivity index (χ0) is 12.1. The summed E-state index contributed by atoms with van der Waals surface area (Å²) in [5, 5.41) is 20.3. The predicted octanol–water partition coefficient (Wildman–Crippen LogP) is 0.505. The number of carbonyl (C=O) groups excluding carboxylic acids is 1. The van der Waals surface area contributed by atoms with Crippen LogP contribution in [-0.4, -0.2) is 33.9 Å². The highest BCUT2D eigenvalue weighted by molar-refractivity contribution is 7.80. The predicted molar refractivity (Wildman–Crippen MR) is 60.8 cm³/mol. The molecule has 86 valence electrons. The molecule has 0 fully saturated rings. The highest BCUT2D eigenvalue weighted by Crippen LogP contribution is 2.15. The van der Waals surface area contributed by atoms with Crippen LogP contribution in [0.2, 0.25) is 0 Å². The van der Waals surface area contributed by atoms with E-state index in [0.717, 1.165) is 0 Å². The Kier molecular flexibility index (Phi) is 4.19. The number of rotatable bonds is 4. The van der Waals surface area contributed by atoms with Crippen molar-refractivity contribution in [2.24, 2.45) is 0 Å². The topological polar surface area (TPSA) is 86.6 Å². The molecule has 1 aromatic rings. The number of phenolic OH excluding ortho intramolecular Hbond substituents is 1. The molecule has 0 aliphatic carbocycles. The zero-order valence-electron chi connectivity index (χ0n) is 8.25. The van der Waals surface area contributed by atoms with Crippen molar-refractivity contribution in [1.29, 1.82) is 0 Å². The first-order chi connectivity index (χ1) is 7.56. The Hall–Kier alpha value is -1.69. The summed E-state index contributed by atoms with van der Waals surface area (Å²) >= 11 is 3.81. The fraction of sp³-hybridized carbons (Fsp3) is 0.200. The van der Waals surface area contributed by atoms with E-state index in [1.807, 2.05) is 0 Å². The molecule has 1 aromatic carbocycles. The van der Waals surface area contributed by atoms with Gasteiger partial charge in [0.25, 0.3) is 5.91 Å². The number of carboxylic acids is 1. The van der Waals surface area contributed by atoms with Crippen LogP contribution in [0.5, 0.6) is 5.75 Å². The first-order valence-electron chi connectivity index (χ1n) is 4.48. The number of amides is 1. The third kappa shape index (κ3) is 2.90. The van der Waals surface area contributed by atoms with Gasteiger partial charge in [-0.25, -0.2) is 4.79 Å². The number of hydrogen-bond acceptors (Lipinski definition) is 4. The Morgan fingerprint density at radius 3 is 2.50 bits per heavy atom. The molecule has 0 saturated heterocycles. The minimum Gasteiger partial charge on any atom is -0.507 e. The second-order valence-corrected chi connectivity index (χ2v) is 3.43. The SMILES string of the molecule is O=C(NC(CS)C(=O)O)c1ccccc1O.